The van der Waals surface area contributed by atoms with Crippen molar-refractivity contribution in [3.05, 3.63) is 0 Å². The molecule has 5 nitrogen and oxygen atoms in total. The number of rotatable bonds is 8. The Bertz CT molecular complexity index is 289. The van der Waals surface area contributed by atoms with E-state index in [0.29, 0.717) is 19.0 Å². The second-order valence-corrected chi connectivity index (χ2v) is 18.2. The highest BCUT2D eigenvalue weighted by Gasteiger charge is 2.43. The van der Waals surface area contributed by atoms with Gasteiger partial charge in [0.05, 0.1) is 6.54 Å². The molecule has 0 radical (unpaired) electrons. The Morgan fingerprint density at radius 1 is 1.06 bits per heavy atom. The molecular weight excluding hydrogens is 282 g/mol. The molecule has 0 aromatic heterocycles. The van der Waals surface area contributed by atoms with E-state index >= 15 is 0 Å². The van der Waals surface area contributed by atoms with Crippen molar-refractivity contribution in [3.8, 4) is 0 Å². The first-order valence-electron chi connectivity index (χ1n) is 6.14. The fourth-order valence-electron chi connectivity index (χ4n) is 1.51. The van der Waals surface area contributed by atoms with Crippen LogP contribution in [0.15, 0.2) is 4.99 Å². The lowest BCUT2D eigenvalue weighted by Gasteiger charge is -2.35. The molecule has 0 bridgehead atoms. The van der Waals surface area contributed by atoms with Gasteiger partial charge >= 0.3 is 8.80 Å². The predicted molar refractivity (Wildman–Crippen MR) is 79.2 cm³/mol. The maximum atomic E-state index is 10.6. The van der Waals surface area contributed by atoms with E-state index in [4.69, 9.17) is 8.23 Å². The molecule has 0 aliphatic carbocycles. The van der Waals surface area contributed by atoms with Gasteiger partial charge in [-0.2, -0.15) is 0 Å². The average molecular weight is 308 g/mol. The Balaban J connectivity index is 4.64. The largest absolute Gasteiger partial charge is 0.477 e. The van der Waals surface area contributed by atoms with E-state index in [9.17, 15) is 9.59 Å². The number of isocyanates is 1. The monoisotopic (exact) mass is 307 g/mol. The van der Waals surface area contributed by atoms with Crippen molar-refractivity contribution in [2.75, 3.05) is 6.54 Å². The topological polar surface area (TPSA) is 68.1 Å². The first-order valence-corrected chi connectivity index (χ1v) is 14.9. The lowest BCUT2D eigenvalue weighted by Crippen LogP contribution is -2.55. The lowest BCUT2D eigenvalue weighted by molar-refractivity contribution is 0.243. The zero-order valence-corrected chi connectivity index (χ0v) is 15.2. The molecule has 18 heavy (non-hydrogen) atoms. The third kappa shape index (κ3) is 9.89. The molecular formula is C10H25NO4Si3. The van der Waals surface area contributed by atoms with Crippen LogP contribution in [-0.4, -0.2) is 42.9 Å². The highest BCUT2D eigenvalue weighted by Crippen LogP contribution is 2.23. The van der Waals surface area contributed by atoms with E-state index in [0.717, 1.165) is 0 Å². The van der Waals surface area contributed by atoms with Gasteiger partial charge in [-0.15, -0.1) is 0 Å². The molecule has 0 heterocycles. The lowest BCUT2D eigenvalue weighted by atomic mass is 10.5. The van der Waals surface area contributed by atoms with Gasteiger partial charge in [0, 0.05) is 6.04 Å². The molecule has 8 heteroatoms. The Morgan fingerprint density at radius 2 is 1.50 bits per heavy atom. The van der Waals surface area contributed by atoms with Crippen LogP contribution < -0.4 is 0 Å². The second kappa shape index (κ2) is 6.90. The van der Waals surface area contributed by atoms with Gasteiger partial charge in [-0.05, 0) is 45.7 Å². The van der Waals surface area contributed by atoms with Gasteiger partial charge < -0.3 is 13.0 Å². The highest BCUT2D eigenvalue weighted by atomic mass is 28.5. The van der Waals surface area contributed by atoms with Crippen molar-refractivity contribution in [1.29, 1.82) is 0 Å². The summed E-state index contributed by atoms with van der Waals surface area (Å²) in [5, 5.41) is 0. The first-order chi connectivity index (χ1) is 7.97. The van der Waals surface area contributed by atoms with E-state index in [1.807, 2.05) is 39.3 Å². The van der Waals surface area contributed by atoms with Crippen LogP contribution in [0, 0.1) is 0 Å². The zero-order valence-electron chi connectivity index (χ0n) is 12.2. The van der Waals surface area contributed by atoms with Crippen LogP contribution >= 0.6 is 0 Å². The average Bonchev–Trinajstić information content (AvgIpc) is 2.05. The van der Waals surface area contributed by atoms with Crippen molar-refractivity contribution >= 4 is 31.5 Å². The summed E-state index contributed by atoms with van der Waals surface area (Å²) in [7, 11) is -6.86. The summed E-state index contributed by atoms with van der Waals surface area (Å²) in [4.78, 5) is 24.1. The maximum Gasteiger partial charge on any atom is 0.477 e. The van der Waals surface area contributed by atoms with Gasteiger partial charge in [0.1, 0.15) is 0 Å². The number of hydrogen-bond donors (Lipinski definition) is 1. The van der Waals surface area contributed by atoms with E-state index in [1.54, 1.807) is 0 Å². The second-order valence-electron chi connectivity index (χ2n) is 6.22. The standard InChI is InChI=1S/C10H25NO4Si3/c1-16(2,3)14-18(13,15-17(4,5)6)9-7-8-11-10-12/h13H,7-9H2,1-6H3. The van der Waals surface area contributed by atoms with Gasteiger partial charge in [0.15, 0.2) is 16.6 Å². The quantitative estimate of drug-likeness (QED) is 0.323. The van der Waals surface area contributed by atoms with Crippen LogP contribution in [0.3, 0.4) is 0 Å². The third-order valence-corrected chi connectivity index (χ3v) is 10.2. The van der Waals surface area contributed by atoms with Crippen LogP contribution in [-0.2, 0) is 13.0 Å². The molecule has 0 fully saturated rings. The van der Waals surface area contributed by atoms with Crippen LogP contribution in [0.4, 0.5) is 0 Å². The molecule has 0 saturated carbocycles. The smallest absolute Gasteiger partial charge is 0.416 e. The molecule has 106 valence electrons. The van der Waals surface area contributed by atoms with E-state index < -0.39 is 25.4 Å². The van der Waals surface area contributed by atoms with Crippen LogP contribution in [0.25, 0.3) is 0 Å². The molecule has 0 amide bonds. The minimum absolute atomic E-state index is 0.364. The summed E-state index contributed by atoms with van der Waals surface area (Å²) in [5.74, 6) is 0. The van der Waals surface area contributed by atoms with Gasteiger partial charge in [-0.25, -0.2) is 9.79 Å². The fraction of sp³-hybridized carbons (Fsp3) is 0.900. The summed E-state index contributed by atoms with van der Waals surface area (Å²) >= 11 is 0. The summed E-state index contributed by atoms with van der Waals surface area (Å²) in [5.41, 5.74) is 0. The summed E-state index contributed by atoms with van der Waals surface area (Å²) < 4.78 is 11.8. The Morgan fingerprint density at radius 3 is 1.83 bits per heavy atom. The Labute approximate surface area is 113 Å². The fourth-order valence-corrected chi connectivity index (χ4v) is 11.1. The Kier molecular flexibility index (Phi) is 6.86. The van der Waals surface area contributed by atoms with Crippen molar-refractivity contribution in [3.63, 3.8) is 0 Å². The summed E-state index contributed by atoms with van der Waals surface area (Å²) in [6.45, 7) is 12.5. The molecule has 0 unspecified atom stereocenters. The number of hydrogen-bond acceptors (Lipinski definition) is 5. The molecule has 0 aromatic carbocycles. The summed E-state index contributed by atoms with van der Waals surface area (Å²) in [6, 6.07) is 0.451. The van der Waals surface area contributed by atoms with Crippen LogP contribution in [0.2, 0.25) is 45.3 Å². The molecule has 0 aromatic rings. The van der Waals surface area contributed by atoms with Crippen LogP contribution in [0.5, 0.6) is 0 Å². The maximum absolute atomic E-state index is 10.6. The molecule has 0 spiro atoms. The minimum atomic E-state index is -3.14. The van der Waals surface area contributed by atoms with Gasteiger partial charge in [-0.1, -0.05) is 0 Å². The van der Waals surface area contributed by atoms with E-state index in [-0.39, 0.29) is 0 Å². The van der Waals surface area contributed by atoms with Crippen molar-refractivity contribution < 1.29 is 17.8 Å². The summed E-state index contributed by atoms with van der Waals surface area (Å²) in [6.07, 6.45) is 2.09. The van der Waals surface area contributed by atoms with Crippen molar-refractivity contribution in [2.45, 2.75) is 51.7 Å². The molecule has 0 aliphatic rings. The predicted octanol–water partition coefficient (Wildman–Crippen LogP) is 2.35. The molecule has 0 atom stereocenters. The SMILES string of the molecule is C[Si](C)(C)O[Si](O)(CCCN=C=O)O[Si](C)(C)C. The van der Waals surface area contributed by atoms with Gasteiger partial charge in [0.25, 0.3) is 0 Å². The molecule has 0 rings (SSSR count). The zero-order chi connectivity index (χ0) is 14.4. The third-order valence-electron chi connectivity index (χ3n) is 1.76. The van der Waals surface area contributed by atoms with E-state index in [1.165, 1.54) is 6.08 Å². The molecule has 0 saturated heterocycles. The molecule has 1 N–H and O–H groups in total. The normalized spacial score (nSPS) is 13.3. The van der Waals surface area contributed by atoms with E-state index in [2.05, 4.69) is 4.99 Å². The number of nitrogens with zero attached hydrogens (tertiary/aromatic N) is 1. The molecule has 0 aliphatic heterocycles. The van der Waals surface area contributed by atoms with Gasteiger partial charge in [0.2, 0.25) is 6.08 Å². The van der Waals surface area contributed by atoms with Gasteiger partial charge in [-0.3, -0.25) is 0 Å². The van der Waals surface area contributed by atoms with Crippen LogP contribution in [0.1, 0.15) is 6.42 Å². The highest BCUT2D eigenvalue weighted by molar-refractivity contribution is 6.85. The first kappa shape index (κ1) is 17.9. The van der Waals surface area contributed by atoms with Crippen molar-refractivity contribution in [2.24, 2.45) is 4.99 Å². The number of aliphatic imine (C=N–C) groups is 1. The minimum Gasteiger partial charge on any atom is -0.416 e. The Hall–Kier alpha value is -0.0894. The van der Waals surface area contributed by atoms with Crippen molar-refractivity contribution in [1.82, 2.24) is 0 Å². The number of carbonyl (C=O) groups excluding carboxylic acids is 1.